The highest BCUT2D eigenvalue weighted by atomic mass is 16.5. The first-order valence-corrected chi connectivity index (χ1v) is 11.6. The lowest BCUT2D eigenvalue weighted by Gasteiger charge is -2.41. The first-order chi connectivity index (χ1) is 15.9. The lowest BCUT2D eigenvalue weighted by molar-refractivity contribution is -0.141. The van der Waals surface area contributed by atoms with Gasteiger partial charge in [0.1, 0.15) is 12.6 Å². The summed E-state index contributed by atoms with van der Waals surface area (Å²) >= 11 is 0. The Bertz CT molecular complexity index is 1050. The minimum atomic E-state index is -0.750. The van der Waals surface area contributed by atoms with Gasteiger partial charge in [-0.2, -0.15) is 0 Å². The average Bonchev–Trinajstić information content (AvgIpc) is 3.31. The van der Waals surface area contributed by atoms with Crippen LogP contribution in [0.2, 0.25) is 0 Å². The molecule has 3 aliphatic rings. The van der Waals surface area contributed by atoms with Crippen molar-refractivity contribution in [3.63, 3.8) is 0 Å². The molecule has 3 N–H and O–H groups in total. The second kappa shape index (κ2) is 8.54. The third-order valence-electron chi connectivity index (χ3n) is 7.57. The zero-order chi connectivity index (χ0) is 23.1. The van der Waals surface area contributed by atoms with E-state index in [2.05, 4.69) is 34.9 Å². The van der Waals surface area contributed by atoms with Crippen molar-refractivity contribution in [2.45, 2.75) is 44.2 Å². The predicted molar refractivity (Wildman–Crippen MR) is 122 cm³/mol. The highest BCUT2D eigenvalue weighted by Crippen LogP contribution is 2.49. The van der Waals surface area contributed by atoms with Crippen molar-refractivity contribution in [2.24, 2.45) is 17.8 Å². The third kappa shape index (κ3) is 3.96. The minimum Gasteiger partial charge on any atom is -0.481 e. The number of rotatable bonds is 6. The largest absolute Gasteiger partial charge is 0.481 e. The van der Waals surface area contributed by atoms with Crippen molar-refractivity contribution in [1.29, 1.82) is 0 Å². The molecule has 7 heteroatoms. The Morgan fingerprint density at radius 2 is 1.64 bits per heavy atom. The number of carbonyl (C=O) groups is 3. The number of alkyl carbamates (subject to hydrolysis) is 1. The molecular weight excluding hydrogens is 420 g/mol. The molecule has 3 aliphatic carbocycles. The summed E-state index contributed by atoms with van der Waals surface area (Å²) in [5.41, 5.74) is 4.58. The zero-order valence-electron chi connectivity index (χ0n) is 18.5. The van der Waals surface area contributed by atoms with E-state index in [1.165, 1.54) is 0 Å². The standard InChI is InChI=1S/C26H28N2O5/c1-14(24(29)28-23-12-15-10-16(25(30)31)11-21(15)23)27-26(32)33-13-22-19-8-4-2-6-17(19)18-7-3-5-9-20(18)22/h2-9,14-16,21-23H,10-13H2,1H3,(H,27,32)(H,28,29)(H,30,31)/t14-,15-,16?,21-,23+/m0/s1. The predicted octanol–water partition coefficient (Wildman–Crippen LogP) is 3.53. The summed E-state index contributed by atoms with van der Waals surface area (Å²) in [6, 6.07) is 15.5. The van der Waals surface area contributed by atoms with E-state index >= 15 is 0 Å². The molecule has 0 aliphatic heterocycles. The van der Waals surface area contributed by atoms with Gasteiger partial charge in [0.05, 0.1) is 5.92 Å². The maximum atomic E-state index is 12.6. The number of carboxylic acid groups (broad SMARTS) is 1. The maximum Gasteiger partial charge on any atom is 0.407 e. The number of benzene rings is 2. The molecule has 0 aromatic heterocycles. The minimum absolute atomic E-state index is 0.0152. The highest BCUT2D eigenvalue weighted by Gasteiger charge is 2.50. The van der Waals surface area contributed by atoms with Gasteiger partial charge in [-0.1, -0.05) is 48.5 Å². The highest BCUT2D eigenvalue weighted by molar-refractivity contribution is 5.85. The Kier molecular flexibility index (Phi) is 5.56. The van der Waals surface area contributed by atoms with Crippen LogP contribution in [0.25, 0.3) is 11.1 Å². The van der Waals surface area contributed by atoms with Gasteiger partial charge >= 0.3 is 12.1 Å². The molecule has 5 rings (SSSR count). The molecule has 0 saturated heterocycles. The summed E-state index contributed by atoms with van der Waals surface area (Å²) < 4.78 is 5.52. The van der Waals surface area contributed by atoms with Crippen LogP contribution in [0.5, 0.6) is 0 Å². The molecule has 2 aromatic rings. The van der Waals surface area contributed by atoms with Crippen LogP contribution in [0.1, 0.15) is 43.2 Å². The van der Waals surface area contributed by atoms with E-state index in [9.17, 15) is 19.5 Å². The lowest BCUT2D eigenvalue weighted by atomic mass is 9.71. The van der Waals surface area contributed by atoms with Crippen molar-refractivity contribution in [3.8, 4) is 11.1 Å². The van der Waals surface area contributed by atoms with E-state index in [1.807, 2.05) is 24.3 Å². The van der Waals surface area contributed by atoms with Crippen LogP contribution >= 0.6 is 0 Å². The van der Waals surface area contributed by atoms with Crippen molar-refractivity contribution >= 4 is 18.0 Å². The molecule has 1 unspecified atom stereocenters. The van der Waals surface area contributed by atoms with Crippen LogP contribution in [-0.2, 0) is 14.3 Å². The second-order valence-corrected chi connectivity index (χ2v) is 9.47. The lowest BCUT2D eigenvalue weighted by Crippen LogP contribution is -2.55. The Morgan fingerprint density at radius 1 is 1.00 bits per heavy atom. The van der Waals surface area contributed by atoms with Crippen LogP contribution in [0.4, 0.5) is 4.79 Å². The van der Waals surface area contributed by atoms with Gasteiger partial charge in [-0.05, 0) is 60.3 Å². The fraction of sp³-hybridized carbons (Fsp3) is 0.423. The fourth-order valence-electron chi connectivity index (χ4n) is 5.78. The first kappa shape index (κ1) is 21.5. The summed E-state index contributed by atoms with van der Waals surface area (Å²) in [5, 5.41) is 14.8. The quantitative estimate of drug-likeness (QED) is 0.627. The molecule has 172 valence electrons. The van der Waals surface area contributed by atoms with E-state index in [0.29, 0.717) is 18.8 Å². The molecule has 2 aromatic carbocycles. The number of fused-ring (bicyclic) bond motifs is 4. The van der Waals surface area contributed by atoms with E-state index in [4.69, 9.17) is 4.74 Å². The van der Waals surface area contributed by atoms with Crippen LogP contribution in [0, 0.1) is 17.8 Å². The van der Waals surface area contributed by atoms with E-state index in [0.717, 1.165) is 28.7 Å². The number of aliphatic carboxylic acids is 1. The first-order valence-electron chi connectivity index (χ1n) is 11.6. The van der Waals surface area contributed by atoms with E-state index in [1.54, 1.807) is 6.92 Å². The second-order valence-electron chi connectivity index (χ2n) is 9.47. The van der Waals surface area contributed by atoms with Gasteiger partial charge in [0, 0.05) is 12.0 Å². The number of ether oxygens (including phenoxy) is 1. The summed E-state index contributed by atoms with van der Waals surface area (Å²) in [6.45, 7) is 1.82. The maximum absolute atomic E-state index is 12.6. The van der Waals surface area contributed by atoms with E-state index in [-0.39, 0.29) is 36.3 Å². The van der Waals surface area contributed by atoms with Crippen LogP contribution < -0.4 is 10.6 Å². The van der Waals surface area contributed by atoms with Crippen LogP contribution in [0.3, 0.4) is 0 Å². The summed E-state index contributed by atoms with van der Waals surface area (Å²) in [5.74, 6) is -0.772. The normalized spacial score (nSPS) is 25.7. The van der Waals surface area contributed by atoms with Crippen molar-refractivity contribution in [1.82, 2.24) is 10.6 Å². The van der Waals surface area contributed by atoms with E-state index < -0.39 is 18.1 Å². The third-order valence-corrected chi connectivity index (χ3v) is 7.57. The number of amides is 2. The molecule has 0 heterocycles. The number of nitrogens with one attached hydrogen (secondary N) is 2. The average molecular weight is 449 g/mol. The van der Waals surface area contributed by atoms with Gasteiger partial charge in [-0.3, -0.25) is 9.59 Å². The molecule has 33 heavy (non-hydrogen) atoms. The van der Waals surface area contributed by atoms with Crippen LogP contribution in [-0.4, -0.2) is 41.8 Å². The molecule has 7 nitrogen and oxygen atoms in total. The van der Waals surface area contributed by atoms with Gasteiger partial charge < -0.3 is 20.5 Å². The van der Waals surface area contributed by atoms with Crippen molar-refractivity contribution < 1.29 is 24.2 Å². The molecule has 5 atom stereocenters. The molecular formula is C26H28N2O5. The monoisotopic (exact) mass is 448 g/mol. The van der Waals surface area contributed by atoms with Gasteiger partial charge in [-0.25, -0.2) is 4.79 Å². The molecule has 2 amide bonds. The fourth-order valence-corrected chi connectivity index (χ4v) is 5.78. The molecule has 0 spiro atoms. The molecule has 0 radical (unpaired) electrons. The Labute approximate surface area is 192 Å². The van der Waals surface area contributed by atoms with Crippen molar-refractivity contribution in [2.75, 3.05) is 6.61 Å². The number of carboxylic acids is 1. The van der Waals surface area contributed by atoms with Crippen molar-refractivity contribution in [3.05, 3.63) is 59.7 Å². The Balaban J connectivity index is 1.13. The van der Waals surface area contributed by atoms with Gasteiger partial charge in [0.25, 0.3) is 0 Å². The molecule has 0 bridgehead atoms. The number of carbonyl (C=O) groups excluding carboxylic acids is 2. The smallest absolute Gasteiger partial charge is 0.407 e. The summed E-state index contributed by atoms with van der Waals surface area (Å²) in [6.07, 6.45) is 1.48. The Hall–Kier alpha value is -3.35. The summed E-state index contributed by atoms with van der Waals surface area (Å²) in [4.78, 5) is 36.2. The molecule has 2 fully saturated rings. The van der Waals surface area contributed by atoms with Gasteiger partial charge in [0.2, 0.25) is 5.91 Å². The van der Waals surface area contributed by atoms with Gasteiger partial charge in [0.15, 0.2) is 0 Å². The molecule has 2 saturated carbocycles. The Morgan fingerprint density at radius 3 is 2.27 bits per heavy atom. The number of hydrogen-bond acceptors (Lipinski definition) is 4. The topological polar surface area (TPSA) is 105 Å². The SMILES string of the molecule is C[C@H](NC(=O)OCC1c2ccccc2-c2ccccc21)C(=O)N[C@@H]1C[C@@H]2CC(C(=O)O)C[C@@H]21. The summed E-state index contributed by atoms with van der Waals surface area (Å²) in [7, 11) is 0. The van der Waals surface area contributed by atoms with Crippen LogP contribution in [0.15, 0.2) is 48.5 Å². The van der Waals surface area contributed by atoms with Gasteiger partial charge in [-0.15, -0.1) is 0 Å². The number of hydrogen-bond donors (Lipinski definition) is 3. The zero-order valence-corrected chi connectivity index (χ0v) is 18.5.